The molecule has 2 aromatic rings. The predicted molar refractivity (Wildman–Crippen MR) is 107 cm³/mol. The fraction of sp³-hybridized carbons (Fsp3) is 0.429. The van der Waals surface area contributed by atoms with Crippen LogP contribution in [0.4, 0.5) is 0 Å². The van der Waals surface area contributed by atoms with Gasteiger partial charge in [0, 0.05) is 33.9 Å². The lowest BCUT2D eigenvalue weighted by Gasteiger charge is -2.44. The zero-order valence-corrected chi connectivity index (χ0v) is 18.2. The van der Waals surface area contributed by atoms with Gasteiger partial charge in [0.1, 0.15) is 11.5 Å². The highest BCUT2D eigenvalue weighted by atomic mass is 35.5. The average Bonchev–Trinajstić information content (AvgIpc) is 2.93. The molecule has 4 unspecified atom stereocenters. The van der Waals surface area contributed by atoms with Gasteiger partial charge in [-0.15, -0.1) is 0 Å². The largest absolute Gasteiger partial charge is 0.790 e. The van der Waals surface area contributed by atoms with Crippen LogP contribution < -0.4 is 14.5 Å². The van der Waals surface area contributed by atoms with Crippen LogP contribution in [0.25, 0.3) is 0 Å². The summed E-state index contributed by atoms with van der Waals surface area (Å²) < 4.78 is 23.1. The number of quaternary nitrogens is 1. The Bertz CT molecular complexity index is 977. The number of rotatable bonds is 4. The molecule has 0 aromatic heterocycles. The van der Waals surface area contributed by atoms with Crippen LogP contribution in [-0.2, 0) is 9.09 Å². The van der Waals surface area contributed by atoms with Gasteiger partial charge in [0.15, 0.2) is 6.23 Å². The Labute approximate surface area is 175 Å². The molecule has 2 aliphatic heterocycles. The van der Waals surface area contributed by atoms with Crippen LogP contribution in [0, 0.1) is 5.92 Å². The van der Waals surface area contributed by atoms with Crippen molar-refractivity contribution < 1.29 is 28.1 Å². The number of phosphoric acid groups is 1. The molecule has 156 valence electrons. The molecule has 0 spiro atoms. The maximum Gasteiger partial charge on any atom is 0.199 e. The molecule has 0 bridgehead atoms. The van der Waals surface area contributed by atoms with E-state index in [2.05, 4.69) is 0 Å². The number of hydrogen-bond donors (Lipinski definition) is 0. The van der Waals surface area contributed by atoms with Crippen molar-refractivity contribution in [3.63, 3.8) is 0 Å². The second-order valence-electron chi connectivity index (χ2n) is 8.57. The van der Waals surface area contributed by atoms with Gasteiger partial charge in [-0.25, -0.2) is 0 Å². The Morgan fingerprint density at radius 3 is 2.38 bits per heavy atom. The van der Waals surface area contributed by atoms with Gasteiger partial charge in [-0.1, -0.05) is 43.6 Å². The van der Waals surface area contributed by atoms with E-state index in [-0.39, 0.29) is 17.8 Å². The smallest absolute Gasteiger partial charge is 0.199 e. The van der Waals surface area contributed by atoms with Crippen molar-refractivity contribution in [1.82, 2.24) is 0 Å². The molecule has 6 nitrogen and oxygen atoms in total. The van der Waals surface area contributed by atoms with Gasteiger partial charge in [-0.05, 0) is 24.3 Å². The number of fused-ring (bicyclic) bond motifs is 5. The standard InChI is InChI=1S/C21H25ClNO5P/c1-13(2)21(28-29(24,25)26)23(3)11-17-15-6-4-5-7-19(15)27-20-9-8-14(22)10-16(20)18(17)12-23/h4-10,13,17-18,21H,11-12H2,1-3H3,(H-,24,25,26)/p-1. The summed E-state index contributed by atoms with van der Waals surface area (Å²) in [4.78, 5) is 22.9. The molecular weight excluding hydrogens is 413 g/mol. The molecule has 2 aliphatic rings. The number of benzene rings is 2. The fourth-order valence-electron chi connectivity index (χ4n) is 5.05. The van der Waals surface area contributed by atoms with Crippen LogP contribution in [0.3, 0.4) is 0 Å². The van der Waals surface area contributed by atoms with Crippen molar-refractivity contribution in [2.75, 3.05) is 20.1 Å². The number of nitrogens with zero attached hydrogens (tertiary/aromatic N) is 1. The molecule has 0 saturated carbocycles. The summed E-state index contributed by atoms with van der Waals surface area (Å²) in [5.74, 6) is 1.53. The Balaban J connectivity index is 1.82. The van der Waals surface area contributed by atoms with E-state index >= 15 is 0 Å². The summed E-state index contributed by atoms with van der Waals surface area (Å²) in [6, 6.07) is 13.5. The first-order valence-corrected chi connectivity index (χ1v) is 11.5. The van der Waals surface area contributed by atoms with E-state index in [1.807, 2.05) is 57.3 Å². The number of hydrogen-bond acceptors (Lipinski definition) is 5. The molecule has 29 heavy (non-hydrogen) atoms. The van der Waals surface area contributed by atoms with Gasteiger partial charge >= 0.3 is 0 Å². The van der Waals surface area contributed by atoms with Gasteiger partial charge in [-0.3, -0.25) is 9.01 Å². The minimum atomic E-state index is -5.12. The van der Waals surface area contributed by atoms with Gasteiger partial charge in [-0.2, -0.15) is 0 Å². The van der Waals surface area contributed by atoms with E-state index in [1.54, 1.807) is 6.07 Å². The highest BCUT2D eigenvalue weighted by molar-refractivity contribution is 7.43. The summed E-state index contributed by atoms with van der Waals surface area (Å²) >= 11 is 6.30. The molecular formula is C21H24ClNO5P-. The van der Waals surface area contributed by atoms with Crippen molar-refractivity contribution in [3.05, 3.63) is 58.6 Å². The van der Waals surface area contributed by atoms with Gasteiger partial charge < -0.3 is 19.1 Å². The van der Waals surface area contributed by atoms with Crippen LogP contribution in [-0.4, -0.2) is 30.8 Å². The predicted octanol–water partition coefficient (Wildman–Crippen LogP) is 3.60. The van der Waals surface area contributed by atoms with Gasteiger partial charge in [0.2, 0.25) is 0 Å². The number of ether oxygens (including phenoxy) is 1. The summed E-state index contributed by atoms with van der Waals surface area (Å²) in [5.41, 5.74) is 2.07. The Morgan fingerprint density at radius 1 is 1.10 bits per heavy atom. The minimum absolute atomic E-state index is 0.0555. The summed E-state index contributed by atoms with van der Waals surface area (Å²) in [5, 5.41) is 0.624. The zero-order valence-electron chi connectivity index (χ0n) is 16.6. The van der Waals surface area contributed by atoms with Crippen molar-refractivity contribution in [2.45, 2.75) is 31.9 Å². The second kappa shape index (κ2) is 7.38. The molecule has 1 fully saturated rings. The number of halogens is 1. The first kappa shape index (κ1) is 20.9. The lowest BCUT2D eigenvalue weighted by molar-refractivity contribution is -0.946. The topological polar surface area (TPSA) is 81.7 Å². The number of phosphoric ester groups is 1. The molecule has 0 aliphatic carbocycles. The minimum Gasteiger partial charge on any atom is -0.790 e. The van der Waals surface area contributed by atoms with E-state index < -0.39 is 14.1 Å². The van der Waals surface area contributed by atoms with Crippen LogP contribution in [0.2, 0.25) is 5.02 Å². The average molecular weight is 437 g/mol. The first-order valence-electron chi connectivity index (χ1n) is 9.68. The number of likely N-dealkylation sites (N-methyl/N-ethyl adjacent to an activating group) is 1. The lowest BCUT2D eigenvalue weighted by Crippen LogP contribution is -2.54. The molecule has 4 rings (SSSR count). The molecule has 0 radical (unpaired) electrons. The Kier molecular flexibility index (Phi) is 5.31. The van der Waals surface area contributed by atoms with Crippen molar-refractivity contribution in [2.24, 2.45) is 5.92 Å². The molecule has 2 aromatic carbocycles. The van der Waals surface area contributed by atoms with Crippen LogP contribution >= 0.6 is 19.4 Å². The van der Waals surface area contributed by atoms with E-state index in [0.29, 0.717) is 22.6 Å². The SMILES string of the molecule is CC(C)C(OP(=O)([O-])[O-])[N+]1(C)CC2c3ccccc3Oc3ccc(Cl)cc3C2C1. The van der Waals surface area contributed by atoms with E-state index in [1.165, 1.54) is 0 Å². The Morgan fingerprint density at radius 2 is 1.72 bits per heavy atom. The Hall–Kier alpha value is -1.40. The number of likely N-dealkylation sites (tertiary alicyclic amines) is 1. The van der Waals surface area contributed by atoms with Crippen molar-refractivity contribution in [3.8, 4) is 11.5 Å². The van der Waals surface area contributed by atoms with E-state index in [9.17, 15) is 14.4 Å². The zero-order chi connectivity index (χ0) is 21.0. The van der Waals surface area contributed by atoms with E-state index in [0.717, 1.165) is 22.6 Å². The molecule has 0 N–H and O–H groups in total. The van der Waals surface area contributed by atoms with Crippen molar-refractivity contribution in [1.29, 1.82) is 0 Å². The van der Waals surface area contributed by atoms with Crippen molar-refractivity contribution >= 4 is 19.4 Å². The third-order valence-corrected chi connectivity index (χ3v) is 6.75. The summed E-state index contributed by atoms with van der Waals surface area (Å²) in [6.45, 7) is 4.98. The molecule has 4 atom stereocenters. The maximum absolute atomic E-state index is 11.5. The molecule has 1 saturated heterocycles. The summed E-state index contributed by atoms with van der Waals surface area (Å²) in [7, 11) is -3.16. The highest BCUT2D eigenvalue weighted by Gasteiger charge is 2.52. The van der Waals surface area contributed by atoms with Gasteiger partial charge in [0.25, 0.3) is 0 Å². The van der Waals surface area contributed by atoms with Crippen LogP contribution in [0.15, 0.2) is 42.5 Å². The third-order valence-electron chi connectivity index (χ3n) is 6.04. The van der Waals surface area contributed by atoms with Gasteiger partial charge in [0.05, 0.1) is 28.0 Å². The molecule has 8 heteroatoms. The fourth-order valence-corrected chi connectivity index (χ4v) is 5.97. The van der Waals surface area contributed by atoms with Crippen LogP contribution in [0.5, 0.6) is 11.5 Å². The first-order chi connectivity index (χ1) is 13.6. The third kappa shape index (κ3) is 3.98. The van der Waals surface area contributed by atoms with E-state index in [4.69, 9.17) is 20.9 Å². The molecule has 0 amide bonds. The maximum atomic E-state index is 11.5. The quantitative estimate of drug-likeness (QED) is 0.540. The summed E-state index contributed by atoms with van der Waals surface area (Å²) in [6.07, 6.45) is -0.751. The van der Waals surface area contributed by atoms with Crippen LogP contribution in [0.1, 0.15) is 36.8 Å². The monoisotopic (exact) mass is 436 g/mol. The molecule has 2 heterocycles. The lowest BCUT2D eigenvalue weighted by atomic mass is 9.84. The number of para-hydroxylation sites is 1. The normalized spacial score (nSPS) is 26.9. The second-order valence-corrected chi connectivity index (χ2v) is 10.1. The highest BCUT2D eigenvalue weighted by Crippen LogP contribution is 2.53.